The van der Waals surface area contributed by atoms with Crippen molar-refractivity contribution in [1.82, 2.24) is 0 Å². The summed E-state index contributed by atoms with van der Waals surface area (Å²) in [4.78, 5) is 11.5. The molecule has 102 valence electrons. The van der Waals surface area contributed by atoms with Crippen LogP contribution in [0.3, 0.4) is 0 Å². The van der Waals surface area contributed by atoms with Crippen molar-refractivity contribution in [1.29, 1.82) is 0 Å². The van der Waals surface area contributed by atoms with Crippen LogP contribution in [0.4, 0.5) is 10.1 Å². The second-order valence-electron chi connectivity index (χ2n) is 4.37. The number of nitrogens with two attached hydrogens (primary N) is 1. The first kappa shape index (κ1) is 13.1. The van der Waals surface area contributed by atoms with Crippen LogP contribution in [0, 0.1) is 5.82 Å². The Hall–Kier alpha value is -1.92. The van der Waals surface area contributed by atoms with Crippen molar-refractivity contribution in [3.63, 3.8) is 0 Å². The van der Waals surface area contributed by atoms with Gasteiger partial charge in [-0.3, -0.25) is 4.79 Å². The Labute approximate surface area is 122 Å². The molecule has 2 aromatic carbocycles. The summed E-state index contributed by atoms with van der Waals surface area (Å²) in [6.07, 6.45) is 0. The zero-order valence-corrected chi connectivity index (χ0v) is 11.8. The number of fused-ring (bicyclic) bond motifs is 1. The molecule has 1 amide bonds. The van der Waals surface area contributed by atoms with Gasteiger partial charge in [0.05, 0.1) is 4.47 Å². The fourth-order valence-corrected chi connectivity index (χ4v) is 2.45. The van der Waals surface area contributed by atoms with Gasteiger partial charge in [0, 0.05) is 17.3 Å². The van der Waals surface area contributed by atoms with Gasteiger partial charge in [0.25, 0.3) is 0 Å². The van der Waals surface area contributed by atoms with E-state index < -0.39 is 11.9 Å². The number of anilines is 1. The van der Waals surface area contributed by atoms with Gasteiger partial charge in [0.1, 0.15) is 11.8 Å². The number of halogens is 2. The highest BCUT2D eigenvalue weighted by Gasteiger charge is 2.28. The normalized spacial score (nSPS) is 16.8. The smallest absolute Gasteiger partial charge is 0.245 e. The fraction of sp³-hybridized carbons (Fsp3) is 0.0714. The molecule has 3 rings (SSSR count). The second kappa shape index (κ2) is 4.88. The highest BCUT2D eigenvalue weighted by molar-refractivity contribution is 9.10. The largest absolute Gasteiger partial charge is 0.453 e. The monoisotopic (exact) mass is 336 g/mol. The van der Waals surface area contributed by atoms with Gasteiger partial charge in [-0.25, -0.2) is 4.39 Å². The van der Waals surface area contributed by atoms with E-state index >= 15 is 0 Å². The van der Waals surface area contributed by atoms with Crippen molar-refractivity contribution < 1.29 is 13.9 Å². The summed E-state index contributed by atoms with van der Waals surface area (Å²) < 4.78 is 19.7. The van der Waals surface area contributed by atoms with Gasteiger partial charge >= 0.3 is 0 Å². The summed E-state index contributed by atoms with van der Waals surface area (Å²) in [6.45, 7) is 0. The van der Waals surface area contributed by atoms with Crippen molar-refractivity contribution >= 4 is 27.5 Å². The third-order valence-electron chi connectivity index (χ3n) is 3.04. The van der Waals surface area contributed by atoms with Crippen LogP contribution in [-0.2, 0) is 4.79 Å². The van der Waals surface area contributed by atoms with Crippen LogP contribution >= 0.6 is 15.9 Å². The first-order valence-electron chi connectivity index (χ1n) is 5.88. The van der Waals surface area contributed by atoms with Crippen molar-refractivity contribution in [2.75, 3.05) is 5.32 Å². The molecule has 1 unspecified atom stereocenters. The maximum Gasteiger partial charge on any atom is 0.245 e. The number of para-hydroxylation sites is 1. The summed E-state index contributed by atoms with van der Waals surface area (Å²) in [7, 11) is 0. The Kier molecular flexibility index (Phi) is 3.19. The van der Waals surface area contributed by atoms with Crippen LogP contribution in [0.25, 0.3) is 0 Å². The van der Waals surface area contributed by atoms with Crippen LogP contribution in [0.2, 0.25) is 0 Å². The maximum atomic E-state index is 13.6. The molecule has 3 N–H and O–H groups in total. The summed E-state index contributed by atoms with van der Waals surface area (Å²) in [5.74, 6) is -0.208. The van der Waals surface area contributed by atoms with Gasteiger partial charge in [-0.05, 0) is 34.1 Å². The lowest BCUT2D eigenvalue weighted by Gasteiger charge is -2.11. The molecule has 1 atom stereocenters. The van der Waals surface area contributed by atoms with E-state index in [-0.39, 0.29) is 11.7 Å². The van der Waals surface area contributed by atoms with Crippen LogP contribution in [0.15, 0.2) is 40.9 Å². The first-order valence-corrected chi connectivity index (χ1v) is 6.68. The molecule has 0 aromatic heterocycles. The zero-order chi connectivity index (χ0) is 14.3. The van der Waals surface area contributed by atoms with Gasteiger partial charge < -0.3 is 15.8 Å². The lowest BCUT2D eigenvalue weighted by atomic mass is 10.1. The Morgan fingerprint density at radius 1 is 1.25 bits per heavy atom. The number of ether oxygens (including phenoxy) is 1. The average molecular weight is 337 g/mol. The molecule has 0 radical (unpaired) electrons. The predicted octanol–water partition coefficient (Wildman–Crippen LogP) is 3.33. The van der Waals surface area contributed by atoms with E-state index in [4.69, 9.17) is 10.5 Å². The molecule has 0 fully saturated rings. The van der Waals surface area contributed by atoms with E-state index in [2.05, 4.69) is 21.2 Å². The van der Waals surface area contributed by atoms with Gasteiger partial charge in [-0.1, -0.05) is 12.1 Å². The minimum Gasteiger partial charge on any atom is -0.453 e. The first-order chi connectivity index (χ1) is 9.56. The number of carbonyl (C=O) groups is 1. The lowest BCUT2D eigenvalue weighted by Crippen LogP contribution is -2.19. The molecule has 2 aromatic rings. The van der Waals surface area contributed by atoms with E-state index in [0.29, 0.717) is 21.5 Å². The van der Waals surface area contributed by atoms with Gasteiger partial charge in [0.15, 0.2) is 11.6 Å². The van der Waals surface area contributed by atoms with Crippen LogP contribution in [-0.4, -0.2) is 5.91 Å². The SMILES string of the molecule is NC1C(=O)Nc2cc(Oc3ccccc3F)c(Br)cc21. The zero-order valence-electron chi connectivity index (χ0n) is 10.2. The van der Waals surface area contributed by atoms with Crippen molar-refractivity contribution in [3.05, 3.63) is 52.3 Å². The van der Waals surface area contributed by atoms with E-state index in [9.17, 15) is 9.18 Å². The minimum atomic E-state index is -0.691. The lowest BCUT2D eigenvalue weighted by molar-refractivity contribution is -0.116. The molecule has 0 saturated carbocycles. The van der Waals surface area contributed by atoms with Gasteiger partial charge in [0.2, 0.25) is 5.91 Å². The molecule has 0 spiro atoms. The van der Waals surface area contributed by atoms with Crippen molar-refractivity contribution in [3.8, 4) is 11.5 Å². The van der Waals surface area contributed by atoms with Crippen LogP contribution in [0.5, 0.6) is 11.5 Å². The molecule has 0 saturated heterocycles. The molecular weight excluding hydrogens is 327 g/mol. The second-order valence-corrected chi connectivity index (χ2v) is 5.22. The van der Waals surface area contributed by atoms with Gasteiger partial charge in [-0.15, -0.1) is 0 Å². The quantitative estimate of drug-likeness (QED) is 0.884. The maximum absolute atomic E-state index is 13.6. The Morgan fingerprint density at radius 2 is 2.00 bits per heavy atom. The Morgan fingerprint density at radius 3 is 2.75 bits per heavy atom. The number of amides is 1. The van der Waals surface area contributed by atoms with E-state index in [1.54, 1.807) is 24.3 Å². The average Bonchev–Trinajstić information content (AvgIpc) is 2.69. The van der Waals surface area contributed by atoms with E-state index in [1.165, 1.54) is 12.1 Å². The molecule has 0 aliphatic carbocycles. The number of carbonyl (C=O) groups excluding carboxylic acids is 1. The topological polar surface area (TPSA) is 64.4 Å². The predicted molar refractivity (Wildman–Crippen MR) is 76.2 cm³/mol. The van der Waals surface area contributed by atoms with Crippen LogP contribution < -0.4 is 15.8 Å². The van der Waals surface area contributed by atoms with Crippen molar-refractivity contribution in [2.24, 2.45) is 5.73 Å². The Balaban J connectivity index is 1.99. The number of nitrogens with one attached hydrogen (secondary N) is 1. The number of hydrogen-bond acceptors (Lipinski definition) is 3. The van der Waals surface area contributed by atoms with Crippen LogP contribution in [0.1, 0.15) is 11.6 Å². The molecule has 6 heteroatoms. The standard InChI is InChI=1S/C14H10BrFN2O2/c15-8-5-7-10(18-14(19)13(7)17)6-12(8)20-11-4-2-1-3-9(11)16/h1-6,13H,17H2,(H,18,19). The third kappa shape index (κ3) is 2.17. The molecule has 1 aliphatic heterocycles. The van der Waals surface area contributed by atoms with Gasteiger partial charge in [-0.2, -0.15) is 0 Å². The summed E-state index contributed by atoms with van der Waals surface area (Å²) >= 11 is 3.34. The van der Waals surface area contributed by atoms with E-state index in [0.717, 1.165) is 0 Å². The Bertz CT molecular complexity index is 706. The number of hydrogen-bond donors (Lipinski definition) is 2. The summed E-state index contributed by atoms with van der Waals surface area (Å²) in [5.41, 5.74) is 7.02. The molecule has 1 aliphatic rings. The van der Waals surface area contributed by atoms with Crippen molar-refractivity contribution in [2.45, 2.75) is 6.04 Å². The highest BCUT2D eigenvalue weighted by atomic mass is 79.9. The summed E-state index contributed by atoms with van der Waals surface area (Å²) in [6, 6.07) is 8.73. The summed E-state index contributed by atoms with van der Waals surface area (Å²) in [5, 5.41) is 2.66. The molecular formula is C14H10BrFN2O2. The fourth-order valence-electron chi connectivity index (χ4n) is 2.01. The minimum absolute atomic E-state index is 0.113. The number of rotatable bonds is 2. The molecule has 4 nitrogen and oxygen atoms in total. The third-order valence-corrected chi connectivity index (χ3v) is 3.66. The molecule has 0 bridgehead atoms. The molecule has 1 heterocycles. The number of benzene rings is 2. The van der Waals surface area contributed by atoms with E-state index in [1.807, 2.05) is 0 Å². The highest BCUT2D eigenvalue weighted by Crippen LogP contribution is 2.39. The molecule has 20 heavy (non-hydrogen) atoms.